The maximum atomic E-state index is 9.48. The number of hydrogen-bond donors (Lipinski definition) is 0. The molecule has 10 aromatic carbocycles. The van der Waals surface area contributed by atoms with Gasteiger partial charge in [-0.3, -0.25) is 13.7 Å². The zero-order chi connectivity index (χ0) is 74.6. The SMILES string of the molecule is [2H]c1c([2H])c([2H])c(-c2cc(-c3c([2H])c([2H])c([2H])c([2H])c3[2H])c(-[n+]3[c-]n(-c4cccc(Oc5ccc6c7ccccc7n(-c7cc(C([2H])([2H])[2H])c(-c8c([2H])c([2H])c([2H])c([2H])c8[2H])cn7)c6c5)c4)c4cc(-c5c(C([2H])([2H])[2H])cccc5C([2H])([2H])[2H])ccc43)c(-c3c([2H])c([2H])c([2H])c([2H])c3[2H])c2)c([2H])c1[2H]. The van der Waals surface area contributed by atoms with E-state index in [4.69, 9.17) is 39.0 Å². The fourth-order valence-electron chi connectivity index (χ4n) is 9.28. The molecule has 5 heteroatoms. The lowest BCUT2D eigenvalue weighted by molar-refractivity contribution is -0.571. The fraction of sp³-hybridized carbons (Fsp3) is 0.0435. The van der Waals surface area contributed by atoms with Gasteiger partial charge in [-0.2, -0.15) is 0 Å². The summed E-state index contributed by atoms with van der Waals surface area (Å²) in [5, 5.41) is 1.34. The van der Waals surface area contributed by atoms with Crippen molar-refractivity contribution in [1.29, 1.82) is 0 Å². The first-order valence-electron chi connectivity index (χ1n) is 37.3. The molecular formula is C69H50N4O. The summed E-state index contributed by atoms with van der Waals surface area (Å²) in [7, 11) is 0. The third kappa shape index (κ3) is 7.92. The topological polar surface area (TPSA) is 35.9 Å². The van der Waals surface area contributed by atoms with Gasteiger partial charge in [-0.15, -0.1) is 0 Å². The van der Waals surface area contributed by atoms with Gasteiger partial charge in [0.25, 0.3) is 6.33 Å². The van der Waals surface area contributed by atoms with E-state index in [1.165, 1.54) is 69.8 Å². The van der Waals surface area contributed by atoms with Crippen molar-refractivity contribution in [2.75, 3.05) is 0 Å². The first kappa shape index (κ1) is 23.3. The second kappa shape index (κ2) is 18.5. The van der Waals surface area contributed by atoms with Crippen LogP contribution in [0.15, 0.2) is 248 Å². The Labute approximate surface area is 471 Å². The molecule has 0 radical (unpaired) electrons. The summed E-state index contributed by atoms with van der Waals surface area (Å²) >= 11 is 0. The van der Waals surface area contributed by atoms with Crippen LogP contribution in [0.1, 0.15) is 56.4 Å². The minimum absolute atomic E-state index is 0.0181. The van der Waals surface area contributed by atoms with Gasteiger partial charge in [0.2, 0.25) is 0 Å². The van der Waals surface area contributed by atoms with Crippen LogP contribution in [-0.2, 0) is 0 Å². The number of imidazole rings is 1. The van der Waals surface area contributed by atoms with Gasteiger partial charge in [-0.1, -0.05) is 175 Å². The van der Waals surface area contributed by atoms with Crippen LogP contribution in [0.2, 0.25) is 0 Å². The molecule has 3 heterocycles. The monoisotopic (exact) mass is 980 g/mol. The second-order valence-electron chi connectivity index (χ2n) is 16.8. The number of aromatic nitrogens is 4. The van der Waals surface area contributed by atoms with Crippen LogP contribution in [0.5, 0.6) is 11.5 Å². The molecule has 74 heavy (non-hydrogen) atoms. The summed E-state index contributed by atoms with van der Waals surface area (Å²) < 4.78 is 266. The number of pyridine rings is 1. The number of nitrogens with zero attached hydrogens (tertiary/aromatic N) is 4. The van der Waals surface area contributed by atoms with Crippen LogP contribution >= 0.6 is 0 Å². The third-order valence-corrected chi connectivity index (χ3v) is 12.5. The molecular weight excluding hydrogens is 901 g/mol. The first-order valence-corrected chi connectivity index (χ1v) is 22.8. The van der Waals surface area contributed by atoms with E-state index in [-0.39, 0.29) is 84.2 Å². The van der Waals surface area contributed by atoms with Crippen LogP contribution in [0, 0.1) is 26.9 Å². The number of aryl methyl sites for hydroxylation is 3. The summed E-state index contributed by atoms with van der Waals surface area (Å²) in [5.41, 5.74) is -3.70. The van der Waals surface area contributed by atoms with Crippen molar-refractivity contribution in [2.45, 2.75) is 20.6 Å². The zero-order valence-electron chi connectivity index (χ0n) is 67.3. The van der Waals surface area contributed by atoms with E-state index in [1.54, 1.807) is 59.2 Å². The summed E-state index contributed by atoms with van der Waals surface area (Å²) in [6.07, 6.45) is 4.42. The summed E-state index contributed by atoms with van der Waals surface area (Å²) in [6, 6.07) is 14.5. The van der Waals surface area contributed by atoms with Crippen molar-refractivity contribution in [1.82, 2.24) is 14.1 Å². The van der Waals surface area contributed by atoms with Crippen LogP contribution in [-0.4, -0.2) is 14.1 Å². The number of ether oxygens (including phenoxy) is 1. The van der Waals surface area contributed by atoms with E-state index >= 15 is 0 Å². The average Bonchev–Trinajstić information content (AvgIpc) is 1.71. The molecule has 0 unspecified atom stereocenters. The third-order valence-electron chi connectivity index (χ3n) is 12.5. The van der Waals surface area contributed by atoms with Crippen LogP contribution in [0.25, 0.3) is 106 Å². The van der Waals surface area contributed by atoms with Crippen molar-refractivity contribution < 1.29 is 49.1 Å². The second-order valence-corrected chi connectivity index (χ2v) is 16.8. The van der Waals surface area contributed by atoms with E-state index in [0.717, 1.165) is 6.20 Å². The molecule has 0 N–H and O–H groups in total. The van der Waals surface area contributed by atoms with E-state index in [0.29, 0.717) is 21.8 Å². The van der Waals surface area contributed by atoms with Gasteiger partial charge in [-0.05, 0) is 148 Å². The Morgan fingerprint density at radius 2 is 1.08 bits per heavy atom. The van der Waals surface area contributed by atoms with Gasteiger partial charge in [-0.25, -0.2) is 4.98 Å². The van der Waals surface area contributed by atoms with Gasteiger partial charge in [0.1, 0.15) is 17.3 Å². The largest absolute Gasteiger partial charge is 0.458 e. The smallest absolute Gasteiger partial charge is 0.269 e. The van der Waals surface area contributed by atoms with E-state index in [2.05, 4.69) is 11.3 Å². The highest BCUT2D eigenvalue weighted by Crippen LogP contribution is 2.41. The Morgan fingerprint density at radius 1 is 0.473 bits per heavy atom. The molecule has 352 valence electrons. The van der Waals surface area contributed by atoms with Crippen LogP contribution in [0.3, 0.4) is 0 Å². The van der Waals surface area contributed by atoms with Crippen LogP contribution < -0.4 is 9.30 Å². The molecule has 0 spiro atoms. The zero-order valence-corrected chi connectivity index (χ0v) is 38.3. The minimum Gasteiger partial charge on any atom is -0.458 e. The Bertz CT molecular complexity index is 5590. The molecule has 13 aromatic rings. The highest BCUT2D eigenvalue weighted by atomic mass is 16.5. The quantitative estimate of drug-likeness (QED) is 0.101. The predicted molar refractivity (Wildman–Crippen MR) is 304 cm³/mol. The molecule has 3 aromatic heterocycles. The minimum atomic E-state index is -2.92. The first-order chi connectivity index (χ1) is 48.3. The van der Waals surface area contributed by atoms with E-state index < -0.39 is 169 Å². The number of hydrogen-bond acceptors (Lipinski definition) is 2. The maximum Gasteiger partial charge on any atom is 0.269 e. The van der Waals surface area contributed by atoms with Crippen molar-refractivity contribution in [3.8, 4) is 84.3 Å². The van der Waals surface area contributed by atoms with Crippen molar-refractivity contribution >= 4 is 32.8 Å². The molecule has 0 amide bonds. The summed E-state index contributed by atoms with van der Waals surface area (Å²) in [6.45, 7) is -8.75. The summed E-state index contributed by atoms with van der Waals surface area (Å²) in [4.78, 5) is 4.67. The molecule has 0 atom stereocenters. The molecule has 0 saturated carbocycles. The van der Waals surface area contributed by atoms with Crippen molar-refractivity contribution in [3.63, 3.8) is 0 Å². The van der Waals surface area contributed by atoms with Gasteiger partial charge < -0.3 is 4.74 Å². The molecule has 5 nitrogen and oxygen atoms in total. The normalized spacial score (nSPS) is 17.5. The van der Waals surface area contributed by atoms with Crippen molar-refractivity contribution in [3.05, 3.63) is 271 Å². The van der Waals surface area contributed by atoms with Gasteiger partial charge >= 0.3 is 0 Å². The average molecular weight is 980 g/mol. The van der Waals surface area contributed by atoms with Crippen LogP contribution in [0.4, 0.5) is 0 Å². The lowest BCUT2D eigenvalue weighted by Crippen LogP contribution is -2.31. The number of rotatable bonds is 10. The Kier molecular flexibility index (Phi) is 5.84. The number of para-hydroxylation sites is 1. The fourth-order valence-corrected chi connectivity index (χ4v) is 9.28. The highest BCUT2D eigenvalue weighted by molar-refractivity contribution is 6.09. The standard InChI is InChI=1S/C69H50N4O/c1-46-20-18-21-47(2)68(46)53-34-37-64-66(41-53)71(45-72(64)69-60(50-24-10-5-11-25-50)39-54(49-22-8-4-9-23-49)40-61(69)51-26-12-6-13-27-51)55-30-19-31-56(42-55)74-57-35-36-59-58-32-16-17-33-63(58)73(65(59)43-57)67-38-48(3)62(44-70-67)52-28-14-7-15-29-52/h4-44H,1-3H3/i1D3,2D3,3D3,4D,5D,6D,7D,8D,9D,10D,11D,12D,13D,14D,15D,22D,23D,24D,25D,26D,27D,28D,29D. The lowest BCUT2D eigenvalue weighted by atomic mass is 9.90. The summed E-state index contributed by atoms with van der Waals surface area (Å²) in [5.74, 6) is 0.364. The number of benzene rings is 10. The van der Waals surface area contributed by atoms with Gasteiger partial charge in [0.15, 0.2) is 0 Å². The molecule has 0 saturated heterocycles. The Morgan fingerprint density at radius 3 is 1.76 bits per heavy atom. The Hall–Kier alpha value is -9.58. The van der Waals surface area contributed by atoms with Gasteiger partial charge in [0.05, 0.1) is 60.9 Å². The molecule has 0 aliphatic carbocycles. The van der Waals surface area contributed by atoms with E-state index in [1.807, 2.05) is 6.07 Å². The van der Waals surface area contributed by atoms with Crippen molar-refractivity contribution in [2.24, 2.45) is 0 Å². The number of fused-ring (bicyclic) bond motifs is 4. The molecule has 0 fully saturated rings. The highest BCUT2D eigenvalue weighted by Gasteiger charge is 2.23. The lowest BCUT2D eigenvalue weighted by Gasteiger charge is -2.20. The maximum absolute atomic E-state index is 9.48. The molecule has 0 aliphatic rings. The molecule has 0 aliphatic heterocycles. The Balaban J connectivity index is 1.09. The predicted octanol–water partition coefficient (Wildman–Crippen LogP) is 17.3. The van der Waals surface area contributed by atoms with Gasteiger partial charge in [0, 0.05) is 40.9 Å². The van der Waals surface area contributed by atoms with E-state index in [9.17, 15) is 5.48 Å². The molecule has 13 rings (SSSR count). The molecule has 0 bridgehead atoms.